The summed E-state index contributed by atoms with van der Waals surface area (Å²) < 4.78 is 39.1. The van der Waals surface area contributed by atoms with Gasteiger partial charge in [-0.1, -0.05) is 0 Å². The van der Waals surface area contributed by atoms with Crippen LogP contribution in [-0.4, -0.2) is 83.1 Å². The molecule has 1 aromatic carbocycles. The molecule has 1 fully saturated rings. The molecule has 0 spiro atoms. The second-order valence-corrected chi connectivity index (χ2v) is 8.89. The van der Waals surface area contributed by atoms with Gasteiger partial charge in [0.25, 0.3) is 0 Å². The molecule has 1 aliphatic heterocycles. The van der Waals surface area contributed by atoms with Gasteiger partial charge in [0.05, 0.1) is 12.9 Å². The van der Waals surface area contributed by atoms with Gasteiger partial charge in [-0.15, -0.1) is 0 Å². The smallest absolute Gasteiger partial charge is 0.217 e. The van der Waals surface area contributed by atoms with E-state index in [0.717, 1.165) is 11.6 Å². The third-order valence-corrected chi connectivity index (χ3v) is 6.75. The standard InChI is InChI=1S/C19H23N7O4S/c1-29-16-2-4-17(5-3-16)30-10-11-31(27,28)25-8-6-24(7-9-25)18-12-19(22-14-21-18)26-15-20-13-23-26/h2-5,12-15H,6-11H2,1H3. The minimum Gasteiger partial charge on any atom is -0.497 e. The molecule has 4 rings (SSSR count). The molecule has 31 heavy (non-hydrogen) atoms. The van der Waals surface area contributed by atoms with Crippen molar-refractivity contribution in [1.82, 2.24) is 29.0 Å². The number of methoxy groups -OCH3 is 1. The number of ether oxygens (including phenoxy) is 2. The van der Waals surface area contributed by atoms with E-state index in [1.54, 1.807) is 42.4 Å². The average Bonchev–Trinajstić information content (AvgIpc) is 3.35. The van der Waals surface area contributed by atoms with Crippen LogP contribution in [0.25, 0.3) is 5.82 Å². The summed E-state index contributed by atoms with van der Waals surface area (Å²) in [7, 11) is -1.83. The zero-order valence-electron chi connectivity index (χ0n) is 17.0. The van der Waals surface area contributed by atoms with Gasteiger partial charge in [0.15, 0.2) is 5.82 Å². The first-order valence-electron chi connectivity index (χ1n) is 9.72. The van der Waals surface area contributed by atoms with E-state index in [-0.39, 0.29) is 12.4 Å². The second-order valence-electron chi connectivity index (χ2n) is 6.80. The van der Waals surface area contributed by atoms with Crippen molar-refractivity contribution in [2.75, 3.05) is 50.5 Å². The van der Waals surface area contributed by atoms with Gasteiger partial charge in [0, 0.05) is 32.2 Å². The summed E-state index contributed by atoms with van der Waals surface area (Å²) in [4.78, 5) is 14.5. The molecule has 1 aliphatic rings. The van der Waals surface area contributed by atoms with E-state index in [0.29, 0.717) is 37.7 Å². The van der Waals surface area contributed by atoms with Gasteiger partial charge >= 0.3 is 0 Å². The molecule has 3 aromatic rings. The number of piperazine rings is 1. The highest BCUT2D eigenvalue weighted by Crippen LogP contribution is 2.19. The molecule has 12 heteroatoms. The third kappa shape index (κ3) is 5.09. The molecule has 0 N–H and O–H groups in total. The van der Waals surface area contributed by atoms with Crippen LogP contribution in [0.4, 0.5) is 5.82 Å². The fourth-order valence-corrected chi connectivity index (χ4v) is 4.49. The summed E-state index contributed by atoms with van der Waals surface area (Å²) in [6.07, 6.45) is 4.46. The Labute approximate surface area is 180 Å². The molecule has 0 amide bonds. The van der Waals surface area contributed by atoms with E-state index in [2.05, 4.69) is 20.1 Å². The number of hydrogen-bond donors (Lipinski definition) is 0. The number of sulfonamides is 1. The van der Waals surface area contributed by atoms with Crippen molar-refractivity contribution in [2.24, 2.45) is 0 Å². The maximum atomic E-state index is 12.7. The molecule has 3 heterocycles. The summed E-state index contributed by atoms with van der Waals surface area (Å²) in [5, 5.41) is 4.07. The van der Waals surface area contributed by atoms with Gasteiger partial charge in [-0.2, -0.15) is 9.40 Å². The van der Waals surface area contributed by atoms with E-state index in [9.17, 15) is 8.42 Å². The number of hydrogen-bond acceptors (Lipinski definition) is 9. The van der Waals surface area contributed by atoms with Crippen LogP contribution in [0.1, 0.15) is 0 Å². The molecule has 164 valence electrons. The molecule has 0 unspecified atom stereocenters. The highest BCUT2D eigenvalue weighted by molar-refractivity contribution is 7.89. The van der Waals surface area contributed by atoms with Crippen molar-refractivity contribution in [2.45, 2.75) is 0 Å². The maximum Gasteiger partial charge on any atom is 0.217 e. The van der Waals surface area contributed by atoms with E-state index >= 15 is 0 Å². The molecule has 1 saturated heterocycles. The van der Waals surface area contributed by atoms with Gasteiger partial charge in [0.1, 0.15) is 42.9 Å². The van der Waals surface area contributed by atoms with Crippen LogP contribution in [0, 0.1) is 0 Å². The van der Waals surface area contributed by atoms with Crippen LogP contribution < -0.4 is 14.4 Å². The number of nitrogens with zero attached hydrogens (tertiary/aromatic N) is 7. The summed E-state index contributed by atoms with van der Waals surface area (Å²) in [6, 6.07) is 8.84. The monoisotopic (exact) mass is 445 g/mol. The zero-order chi connectivity index (χ0) is 21.7. The first kappa shape index (κ1) is 21.0. The molecule has 0 atom stereocenters. The minimum atomic E-state index is -3.41. The van der Waals surface area contributed by atoms with E-state index < -0.39 is 10.0 Å². The summed E-state index contributed by atoms with van der Waals surface area (Å²) in [5.74, 6) is 2.57. The molecular formula is C19H23N7O4S. The Bertz CT molecular complexity index is 1080. The predicted molar refractivity (Wildman–Crippen MR) is 113 cm³/mol. The fourth-order valence-electron chi connectivity index (χ4n) is 3.22. The van der Waals surface area contributed by atoms with Crippen LogP contribution in [-0.2, 0) is 10.0 Å². The lowest BCUT2D eigenvalue weighted by atomic mass is 10.3. The number of anilines is 1. The Morgan fingerprint density at radius 3 is 2.35 bits per heavy atom. The fraction of sp³-hybridized carbons (Fsp3) is 0.368. The molecule has 0 saturated carbocycles. The van der Waals surface area contributed by atoms with Crippen molar-refractivity contribution in [3.8, 4) is 17.3 Å². The first-order chi connectivity index (χ1) is 15.0. The van der Waals surface area contributed by atoms with Crippen molar-refractivity contribution in [3.05, 3.63) is 49.3 Å². The molecular weight excluding hydrogens is 422 g/mol. The van der Waals surface area contributed by atoms with Gasteiger partial charge in [-0.25, -0.2) is 28.1 Å². The minimum absolute atomic E-state index is 0.0804. The average molecular weight is 446 g/mol. The van der Waals surface area contributed by atoms with Gasteiger partial charge in [-0.3, -0.25) is 0 Å². The SMILES string of the molecule is COc1ccc(OCCS(=O)(=O)N2CCN(c3cc(-n4cncn4)ncn3)CC2)cc1. The van der Waals surface area contributed by atoms with Crippen LogP contribution in [0.2, 0.25) is 0 Å². The Balaban J connectivity index is 1.30. The summed E-state index contributed by atoms with van der Waals surface area (Å²) in [6.45, 7) is 1.92. The van der Waals surface area contributed by atoms with Crippen LogP contribution in [0.15, 0.2) is 49.3 Å². The largest absolute Gasteiger partial charge is 0.497 e. The van der Waals surface area contributed by atoms with Crippen molar-refractivity contribution >= 4 is 15.8 Å². The summed E-state index contributed by atoms with van der Waals surface area (Å²) in [5.41, 5.74) is 0. The van der Waals surface area contributed by atoms with Crippen LogP contribution >= 0.6 is 0 Å². The second kappa shape index (κ2) is 9.27. The van der Waals surface area contributed by atoms with Crippen LogP contribution in [0.5, 0.6) is 11.5 Å². The topological polar surface area (TPSA) is 116 Å². The Morgan fingerprint density at radius 1 is 0.968 bits per heavy atom. The Kier molecular flexibility index (Phi) is 6.28. The zero-order valence-corrected chi connectivity index (χ0v) is 17.8. The third-order valence-electron chi connectivity index (χ3n) is 4.92. The molecule has 11 nitrogen and oxygen atoms in total. The quantitative estimate of drug-likeness (QED) is 0.491. The molecule has 0 aliphatic carbocycles. The number of rotatable bonds is 8. The maximum absolute atomic E-state index is 12.7. The summed E-state index contributed by atoms with van der Waals surface area (Å²) >= 11 is 0. The molecule has 0 bridgehead atoms. The lowest BCUT2D eigenvalue weighted by Crippen LogP contribution is -2.50. The van der Waals surface area contributed by atoms with Gasteiger partial charge in [0.2, 0.25) is 10.0 Å². The van der Waals surface area contributed by atoms with Crippen molar-refractivity contribution in [3.63, 3.8) is 0 Å². The predicted octanol–water partition coefficient (Wildman–Crippen LogP) is 0.597. The van der Waals surface area contributed by atoms with Gasteiger partial charge in [-0.05, 0) is 24.3 Å². The number of aromatic nitrogens is 5. The van der Waals surface area contributed by atoms with E-state index in [1.807, 2.05) is 11.0 Å². The lowest BCUT2D eigenvalue weighted by molar-refractivity contribution is 0.330. The van der Waals surface area contributed by atoms with Gasteiger partial charge < -0.3 is 14.4 Å². The van der Waals surface area contributed by atoms with E-state index in [1.165, 1.54) is 17.0 Å². The number of benzene rings is 1. The Morgan fingerprint density at radius 2 is 1.68 bits per heavy atom. The molecule has 2 aromatic heterocycles. The first-order valence-corrected chi connectivity index (χ1v) is 11.3. The van der Waals surface area contributed by atoms with Crippen molar-refractivity contribution in [1.29, 1.82) is 0 Å². The normalized spacial score (nSPS) is 15.1. The Hall–Kier alpha value is -3.25. The van der Waals surface area contributed by atoms with Crippen molar-refractivity contribution < 1.29 is 17.9 Å². The highest BCUT2D eigenvalue weighted by atomic mass is 32.2. The lowest BCUT2D eigenvalue weighted by Gasteiger charge is -2.34. The van der Waals surface area contributed by atoms with Crippen LogP contribution in [0.3, 0.4) is 0 Å². The molecule has 0 radical (unpaired) electrons. The van der Waals surface area contributed by atoms with E-state index in [4.69, 9.17) is 9.47 Å². The highest BCUT2D eigenvalue weighted by Gasteiger charge is 2.27.